The number of benzene rings is 6. The second-order valence-corrected chi connectivity index (χ2v) is 24.8. The Morgan fingerprint density at radius 1 is 0.531 bits per heavy atom. The first kappa shape index (κ1) is 41.6. The van der Waals surface area contributed by atoms with Crippen molar-refractivity contribution in [3.8, 4) is 11.1 Å². The van der Waals surface area contributed by atoms with E-state index >= 15 is 0 Å². The SMILES string of the molecule is Cc1ccc2c(c1)N(c1cc3c(cc1-c1ccccc1)C(C)(C)CCC3(C)C)c1cc(C)cc3c1B2c1sc2cc4c(cc2c1N3c1ccc(C(C)(C)C)cc1)C(C)(C)CCC4(C)C. The molecule has 3 heterocycles. The number of rotatable bonds is 3. The summed E-state index contributed by atoms with van der Waals surface area (Å²) in [7, 11) is 0. The van der Waals surface area contributed by atoms with Gasteiger partial charge in [-0.15, -0.1) is 11.3 Å². The Morgan fingerprint density at radius 2 is 1.08 bits per heavy atom. The molecule has 0 radical (unpaired) electrons. The summed E-state index contributed by atoms with van der Waals surface area (Å²) in [6, 6.07) is 43.5. The molecular formula is C60H65BN2S. The van der Waals surface area contributed by atoms with E-state index in [1.807, 2.05) is 11.3 Å². The predicted molar refractivity (Wildman–Crippen MR) is 280 cm³/mol. The Kier molecular flexibility index (Phi) is 8.94. The van der Waals surface area contributed by atoms with Crippen molar-refractivity contribution in [2.45, 2.75) is 143 Å². The van der Waals surface area contributed by atoms with Crippen molar-refractivity contribution in [3.63, 3.8) is 0 Å². The van der Waals surface area contributed by atoms with Gasteiger partial charge in [0.1, 0.15) is 0 Å². The molecule has 2 nitrogen and oxygen atoms in total. The maximum absolute atomic E-state index is 2.69. The highest BCUT2D eigenvalue weighted by atomic mass is 32.1. The molecule has 2 aliphatic heterocycles. The molecule has 7 aromatic rings. The number of fused-ring (bicyclic) bond motifs is 8. The topological polar surface area (TPSA) is 6.48 Å². The first-order valence-corrected chi connectivity index (χ1v) is 24.8. The number of aryl methyl sites for hydroxylation is 2. The molecule has 4 aliphatic rings. The molecule has 324 valence electrons. The van der Waals surface area contributed by atoms with Gasteiger partial charge in [0.25, 0.3) is 6.71 Å². The molecule has 0 unspecified atom stereocenters. The lowest BCUT2D eigenvalue weighted by molar-refractivity contribution is 0.332. The first-order chi connectivity index (χ1) is 30.1. The summed E-state index contributed by atoms with van der Waals surface area (Å²) in [5.41, 5.74) is 23.5. The molecular weight excluding hydrogens is 792 g/mol. The van der Waals surface area contributed by atoms with Crippen LogP contribution in [-0.4, -0.2) is 6.71 Å². The van der Waals surface area contributed by atoms with E-state index in [9.17, 15) is 0 Å². The zero-order valence-electron chi connectivity index (χ0n) is 40.6. The lowest BCUT2D eigenvalue weighted by Gasteiger charge is -2.46. The van der Waals surface area contributed by atoms with E-state index in [0.29, 0.717) is 0 Å². The smallest absolute Gasteiger partial charge is 0.264 e. The molecule has 0 spiro atoms. The van der Waals surface area contributed by atoms with E-state index in [1.54, 1.807) is 0 Å². The van der Waals surface area contributed by atoms with Crippen molar-refractivity contribution in [3.05, 3.63) is 148 Å². The average molecular weight is 857 g/mol. The van der Waals surface area contributed by atoms with Crippen LogP contribution in [0.25, 0.3) is 21.2 Å². The molecule has 0 atom stereocenters. The van der Waals surface area contributed by atoms with Crippen LogP contribution >= 0.6 is 11.3 Å². The highest BCUT2D eigenvalue weighted by Crippen LogP contribution is 2.55. The minimum absolute atomic E-state index is 0.0545. The summed E-state index contributed by atoms with van der Waals surface area (Å²) >= 11 is 2.05. The van der Waals surface area contributed by atoms with E-state index in [-0.39, 0.29) is 33.8 Å². The number of nitrogens with zero attached hydrogens (tertiary/aromatic N) is 2. The molecule has 0 saturated carbocycles. The number of thiophene rings is 1. The summed E-state index contributed by atoms with van der Waals surface area (Å²) in [4.78, 5) is 5.36. The van der Waals surface area contributed by atoms with Gasteiger partial charge in [-0.3, -0.25) is 0 Å². The normalized spacial score (nSPS) is 18.5. The fourth-order valence-electron chi connectivity index (χ4n) is 12.1. The molecule has 11 rings (SSSR count). The van der Waals surface area contributed by atoms with Crippen LogP contribution in [0.3, 0.4) is 0 Å². The third-order valence-electron chi connectivity index (χ3n) is 16.2. The van der Waals surface area contributed by atoms with Gasteiger partial charge in [-0.25, -0.2) is 0 Å². The first-order valence-electron chi connectivity index (χ1n) is 24.0. The molecule has 0 fully saturated rings. The van der Waals surface area contributed by atoms with Crippen molar-refractivity contribution in [2.75, 3.05) is 9.80 Å². The summed E-state index contributed by atoms with van der Waals surface area (Å²) < 4.78 is 2.85. The Morgan fingerprint density at radius 3 is 1.69 bits per heavy atom. The van der Waals surface area contributed by atoms with Crippen molar-refractivity contribution in [1.29, 1.82) is 0 Å². The maximum atomic E-state index is 2.69. The average Bonchev–Trinajstić information content (AvgIpc) is 3.61. The Bertz CT molecular complexity index is 3060. The fraction of sp³-hybridized carbons (Fsp3) is 0.367. The number of anilines is 6. The van der Waals surface area contributed by atoms with E-state index in [2.05, 4.69) is 209 Å². The predicted octanol–water partition coefficient (Wildman–Crippen LogP) is 15.3. The van der Waals surface area contributed by atoms with Gasteiger partial charge in [0, 0.05) is 43.2 Å². The van der Waals surface area contributed by atoms with Gasteiger partial charge in [-0.1, -0.05) is 131 Å². The molecule has 1 aromatic heterocycles. The van der Waals surface area contributed by atoms with Crippen molar-refractivity contribution >= 4 is 78.0 Å². The second-order valence-electron chi connectivity index (χ2n) is 23.7. The van der Waals surface area contributed by atoms with E-state index < -0.39 is 0 Å². The van der Waals surface area contributed by atoms with E-state index in [0.717, 1.165) is 0 Å². The summed E-state index contributed by atoms with van der Waals surface area (Å²) in [5.74, 6) is 0. The van der Waals surface area contributed by atoms with Crippen molar-refractivity contribution in [2.24, 2.45) is 0 Å². The lowest BCUT2D eigenvalue weighted by Crippen LogP contribution is -2.60. The quantitative estimate of drug-likeness (QED) is 0.163. The van der Waals surface area contributed by atoms with Gasteiger partial charge in [0.2, 0.25) is 0 Å². The van der Waals surface area contributed by atoms with E-state index in [4.69, 9.17) is 0 Å². The van der Waals surface area contributed by atoms with Crippen molar-refractivity contribution in [1.82, 2.24) is 0 Å². The van der Waals surface area contributed by atoms with Gasteiger partial charge >= 0.3 is 0 Å². The molecule has 2 aliphatic carbocycles. The lowest BCUT2D eigenvalue weighted by atomic mass is 9.36. The van der Waals surface area contributed by atoms with Crippen LogP contribution in [0.5, 0.6) is 0 Å². The highest BCUT2D eigenvalue weighted by molar-refractivity contribution is 7.33. The molecule has 6 aromatic carbocycles. The summed E-state index contributed by atoms with van der Waals surface area (Å²) in [5, 5.41) is 1.39. The van der Waals surface area contributed by atoms with Crippen LogP contribution in [0.1, 0.15) is 141 Å². The third-order valence-corrected chi connectivity index (χ3v) is 17.4. The maximum Gasteiger partial charge on any atom is 0.264 e. The van der Waals surface area contributed by atoms with E-state index in [1.165, 1.54) is 136 Å². The van der Waals surface area contributed by atoms with Gasteiger partial charge < -0.3 is 9.80 Å². The zero-order valence-corrected chi connectivity index (χ0v) is 41.4. The largest absolute Gasteiger partial charge is 0.311 e. The van der Waals surface area contributed by atoms with Gasteiger partial charge in [0.15, 0.2) is 0 Å². The molecule has 4 heteroatoms. The van der Waals surface area contributed by atoms with Crippen LogP contribution in [0.2, 0.25) is 0 Å². The summed E-state index contributed by atoms with van der Waals surface area (Å²) in [6.45, 7) is 31.4. The molecule has 0 amide bonds. The minimum Gasteiger partial charge on any atom is -0.311 e. The van der Waals surface area contributed by atoms with Gasteiger partial charge in [0.05, 0.1) is 11.4 Å². The molecule has 64 heavy (non-hydrogen) atoms. The second kappa shape index (κ2) is 13.7. The number of hydrogen-bond donors (Lipinski definition) is 0. The van der Waals surface area contributed by atoms with Crippen LogP contribution < -0.4 is 25.5 Å². The third kappa shape index (κ3) is 6.17. The van der Waals surface area contributed by atoms with Crippen LogP contribution in [0, 0.1) is 13.8 Å². The van der Waals surface area contributed by atoms with Gasteiger partial charge in [-0.2, -0.15) is 0 Å². The van der Waals surface area contributed by atoms with Crippen molar-refractivity contribution < 1.29 is 0 Å². The highest BCUT2D eigenvalue weighted by Gasteiger charge is 2.47. The monoisotopic (exact) mass is 856 g/mol. The molecule has 0 saturated heterocycles. The minimum atomic E-state index is 0.0545. The number of hydrogen-bond acceptors (Lipinski definition) is 3. The fourth-order valence-corrected chi connectivity index (χ4v) is 13.4. The van der Waals surface area contributed by atoms with Crippen LogP contribution in [0.4, 0.5) is 34.1 Å². The standard InChI is InChI=1S/C60H65BN2S/c1-36-19-24-47-49(29-36)63(48-34-45-43(57(6,7)25-27-59(45,10)11)32-41(48)38-17-15-14-16-18-38)51-31-37(2)30-50-53(51)61(47)55-54(62(50)40-22-20-39(21-23-40)56(3,4)5)42-33-44-46(35-52(42)64-55)60(12,13)28-26-58(44,8)9/h14-24,29-35H,25-28H2,1-13H3. The molecule has 0 N–H and O–H groups in total. The summed E-state index contributed by atoms with van der Waals surface area (Å²) in [6.07, 6.45) is 4.75. The molecule has 0 bridgehead atoms. The van der Waals surface area contributed by atoms with Crippen LogP contribution in [-0.2, 0) is 27.1 Å². The van der Waals surface area contributed by atoms with Crippen LogP contribution in [0.15, 0.2) is 109 Å². The van der Waals surface area contributed by atoms with Gasteiger partial charge in [-0.05, 0) is 177 Å². The Balaban J connectivity index is 1.25. The Labute approximate surface area is 387 Å². The zero-order chi connectivity index (χ0) is 45.0. The Hall–Kier alpha value is -5.06.